The van der Waals surface area contributed by atoms with Crippen molar-refractivity contribution in [1.29, 1.82) is 0 Å². The van der Waals surface area contributed by atoms with E-state index in [0.717, 1.165) is 22.9 Å². The molecule has 5 nitrogen and oxygen atoms in total. The van der Waals surface area contributed by atoms with Gasteiger partial charge in [0.1, 0.15) is 5.54 Å². The molecule has 1 aliphatic rings. The van der Waals surface area contributed by atoms with Gasteiger partial charge in [-0.25, -0.2) is 0 Å². The van der Waals surface area contributed by atoms with Crippen LogP contribution in [-0.4, -0.2) is 22.5 Å². The Kier molecular flexibility index (Phi) is 4.32. The molecule has 4 N–H and O–H groups in total. The monoisotopic (exact) mass is 339 g/mol. The third-order valence-corrected chi connectivity index (χ3v) is 4.35. The maximum atomic E-state index is 12.5. The Labute approximate surface area is 126 Å². The molecule has 0 atom stereocenters. The number of carbonyl (C=O) groups is 1. The molecule has 20 heavy (non-hydrogen) atoms. The molecule has 0 aliphatic heterocycles. The van der Waals surface area contributed by atoms with E-state index >= 15 is 0 Å². The standard InChI is InChI=1S/C14H18BrN3O2/c1-9-4-5-10(15)8-11(9)12(19)17-14(13(16)18-20)6-2-3-7-14/h4-5,8,20H,2-3,6-7H2,1H3,(H2,16,18)(H,17,19). The van der Waals surface area contributed by atoms with Gasteiger partial charge in [-0.3, -0.25) is 4.79 Å². The van der Waals surface area contributed by atoms with Crippen LogP contribution in [-0.2, 0) is 0 Å². The van der Waals surface area contributed by atoms with Crippen molar-refractivity contribution >= 4 is 27.7 Å². The highest BCUT2D eigenvalue weighted by Crippen LogP contribution is 2.30. The first-order valence-corrected chi connectivity index (χ1v) is 7.34. The van der Waals surface area contributed by atoms with Gasteiger partial charge < -0.3 is 16.3 Å². The van der Waals surface area contributed by atoms with E-state index in [-0.39, 0.29) is 11.7 Å². The normalized spacial score (nSPS) is 18.0. The summed E-state index contributed by atoms with van der Waals surface area (Å²) < 4.78 is 0.845. The summed E-state index contributed by atoms with van der Waals surface area (Å²) in [5.41, 5.74) is 6.54. The molecule has 2 rings (SSSR count). The van der Waals surface area contributed by atoms with Gasteiger partial charge in [0, 0.05) is 10.0 Å². The predicted octanol–water partition coefficient (Wildman–Crippen LogP) is 2.55. The van der Waals surface area contributed by atoms with E-state index in [1.54, 1.807) is 6.07 Å². The Bertz CT molecular complexity index is 551. The van der Waals surface area contributed by atoms with Gasteiger partial charge in [0.25, 0.3) is 5.91 Å². The quantitative estimate of drug-likeness (QED) is 0.342. The minimum atomic E-state index is -0.722. The molecule has 0 spiro atoms. The van der Waals surface area contributed by atoms with Crippen molar-refractivity contribution in [2.75, 3.05) is 0 Å². The van der Waals surface area contributed by atoms with E-state index in [1.165, 1.54) is 0 Å². The molecule has 6 heteroatoms. The molecule has 1 amide bonds. The Morgan fingerprint density at radius 2 is 2.10 bits per heavy atom. The Hall–Kier alpha value is -1.56. The average Bonchev–Trinajstić information content (AvgIpc) is 2.90. The molecule has 1 saturated carbocycles. The molecular weight excluding hydrogens is 322 g/mol. The van der Waals surface area contributed by atoms with Gasteiger partial charge >= 0.3 is 0 Å². The maximum Gasteiger partial charge on any atom is 0.252 e. The highest BCUT2D eigenvalue weighted by atomic mass is 79.9. The molecule has 0 unspecified atom stereocenters. The van der Waals surface area contributed by atoms with E-state index in [4.69, 9.17) is 10.9 Å². The minimum Gasteiger partial charge on any atom is -0.409 e. The van der Waals surface area contributed by atoms with Crippen molar-refractivity contribution in [3.8, 4) is 0 Å². The fourth-order valence-electron chi connectivity index (χ4n) is 2.64. The van der Waals surface area contributed by atoms with Crippen molar-refractivity contribution in [1.82, 2.24) is 5.32 Å². The third kappa shape index (κ3) is 2.80. The number of carbonyl (C=O) groups excluding carboxylic acids is 1. The lowest BCUT2D eigenvalue weighted by Crippen LogP contribution is -2.55. The van der Waals surface area contributed by atoms with Gasteiger partial charge in [-0.15, -0.1) is 0 Å². The highest BCUT2D eigenvalue weighted by Gasteiger charge is 2.40. The van der Waals surface area contributed by atoms with E-state index in [0.29, 0.717) is 18.4 Å². The lowest BCUT2D eigenvalue weighted by molar-refractivity contribution is 0.0922. The minimum absolute atomic E-state index is 0.0796. The van der Waals surface area contributed by atoms with Crippen molar-refractivity contribution in [2.45, 2.75) is 38.1 Å². The lowest BCUT2D eigenvalue weighted by Gasteiger charge is -2.29. The topological polar surface area (TPSA) is 87.7 Å². The first-order chi connectivity index (χ1) is 9.48. The van der Waals surface area contributed by atoms with Crippen molar-refractivity contribution in [2.24, 2.45) is 10.9 Å². The van der Waals surface area contributed by atoms with Crippen LogP contribution in [0.2, 0.25) is 0 Å². The van der Waals surface area contributed by atoms with E-state index < -0.39 is 5.54 Å². The average molecular weight is 340 g/mol. The van der Waals surface area contributed by atoms with Crippen LogP contribution in [0.5, 0.6) is 0 Å². The van der Waals surface area contributed by atoms with Gasteiger partial charge in [0.05, 0.1) is 0 Å². The zero-order valence-electron chi connectivity index (χ0n) is 11.3. The number of nitrogens with zero attached hydrogens (tertiary/aromatic N) is 1. The number of amidine groups is 1. The van der Waals surface area contributed by atoms with E-state index in [9.17, 15) is 4.79 Å². The van der Waals surface area contributed by atoms with Crippen LogP contribution in [0.1, 0.15) is 41.6 Å². The molecule has 0 heterocycles. The number of nitrogens with two attached hydrogens (primary N) is 1. The summed E-state index contributed by atoms with van der Waals surface area (Å²) in [4.78, 5) is 12.5. The molecule has 1 aromatic rings. The molecule has 0 aromatic heterocycles. The molecule has 1 aromatic carbocycles. The molecule has 1 aliphatic carbocycles. The summed E-state index contributed by atoms with van der Waals surface area (Å²) in [5, 5.41) is 15.0. The number of hydrogen-bond donors (Lipinski definition) is 3. The second-order valence-electron chi connectivity index (χ2n) is 5.19. The number of benzene rings is 1. The SMILES string of the molecule is Cc1ccc(Br)cc1C(=O)NC1(C(N)=NO)CCCC1. The van der Waals surface area contributed by atoms with Crippen LogP contribution in [0.15, 0.2) is 27.8 Å². The number of nitrogens with one attached hydrogen (secondary N) is 1. The van der Waals surface area contributed by atoms with Gasteiger partial charge in [0.2, 0.25) is 0 Å². The zero-order chi connectivity index (χ0) is 14.8. The summed E-state index contributed by atoms with van der Waals surface area (Å²) in [6.45, 7) is 1.88. The molecule has 108 valence electrons. The fraction of sp³-hybridized carbons (Fsp3) is 0.429. The Morgan fingerprint density at radius 3 is 2.70 bits per heavy atom. The van der Waals surface area contributed by atoms with Gasteiger partial charge in [-0.1, -0.05) is 40.0 Å². The van der Waals surface area contributed by atoms with Gasteiger partial charge in [0.15, 0.2) is 5.84 Å². The molecule has 1 fully saturated rings. The first kappa shape index (κ1) is 14.8. The fourth-order valence-corrected chi connectivity index (χ4v) is 3.00. The summed E-state index contributed by atoms with van der Waals surface area (Å²) in [7, 11) is 0. The smallest absolute Gasteiger partial charge is 0.252 e. The summed E-state index contributed by atoms with van der Waals surface area (Å²) in [6, 6.07) is 5.55. The van der Waals surface area contributed by atoms with E-state index in [2.05, 4.69) is 26.4 Å². The number of hydrogen-bond acceptors (Lipinski definition) is 3. The van der Waals surface area contributed by atoms with Crippen LogP contribution >= 0.6 is 15.9 Å². The number of oxime groups is 1. The second kappa shape index (κ2) is 5.83. The first-order valence-electron chi connectivity index (χ1n) is 6.55. The second-order valence-corrected chi connectivity index (χ2v) is 6.10. The zero-order valence-corrected chi connectivity index (χ0v) is 12.9. The van der Waals surface area contributed by atoms with Crippen LogP contribution in [0.4, 0.5) is 0 Å². The number of rotatable bonds is 3. The largest absolute Gasteiger partial charge is 0.409 e. The summed E-state index contributed by atoms with van der Waals surface area (Å²) in [6.07, 6.45) is 3.30. The molecule has 0 radical (unpaired) electrons. The summed E-state index contributed by atoms with van der Waals surface area (Å²) >= 11 is 3.36. The predicted molar refractivity (Wildman–Crippen MR) is 81.0 cm³/mol. The van der Waals surface area contributed by atoms with Crippen LogP contribution in [0, 0.1) is 6.92 Å². The van der Waals surface area contributed by atoms with Gasteiger partial charge in [-0.05, 0) is 37.5 Å². The molecule has 0 bridgehead atoms. The highest BCUT2D eigenvalue weighted by molar-refractivity contribution is 9.10. The number of aryl methyl sites for hydroxylation is 1. The van der Waals surface area contributed by atoms with Crippen molar-refractivity contribution in [3.05, 3.63) is 33.8 Å². The van der Waals surface area contributed by atoms with Crippen molar-refractivity contribution < 1.29 is 10.0 Å². The molecule has 0 saturated heterocycles. The third-order valence-electron chi connectivity index (χ3n) is 3.85. The van der Waals surface area contributed by atoms with Crippen molar-refractivity contribution in [3.63, 3.8) is 0 Å². The van der Waals surface area contributed by atoms with Crippen LogP contribution in [0.25, 0.3) is 0 Å². The van der Waals surface area contributed by atoms with Crippen LogP contribution < -0.4 is 11.1 Å². The lowest BCUT2D eigenvalue weighted by atomic mass is 9.95. The van der Waals surface area contributed by atoms with E-state index in [1.807, 2.05) is 19.1 Å². The Balaban J connectivity index is 2.27. The summed E-state index contributed by atoms with van der Waals surface area (Å²) in [5.74, 6) is -0.117. The number of halogens is 1. The molecular formula is C14H18BrN3O2. The Morgan fingerprint density at radius 1 is 1.45 bits per heavy atom. The van der Waals surface area contributed by atoms with Crippen LogP contribution in [0.3, 0.4) is 0 Å². The number of amides is 1. The van der Waals surface area contributed by atoms with Gasteiger partial charge in [-0.2, -0.15) is 0 Å². The maximum absolute atomic E-state index is 12.5.